The summed E-state index contributed by atoms with van der Waals surface area (Å²) in [5.41, 5.74) is 6.07. The molecule has 1 unspecified atom stereocenters. The fourth-order valence-electron chi connectivity index (χ4n) is 2.36. The van der Waals surface area contributed by atoms with Gasteiger partial charge in [0.2, 0.25) is 0 Å². The maximum Gasteiger partial charge on any atom is 0.332 e. The molecule has 0 aliphatic heterocycles. The third-order valence-electron chi connectivity index (χ3n) is 3.33. The van der Waals surface area contributed by atoms with E-state index in [2.05, 4.69) is 18.8 Å². The topological polar surface area (TPSA) is 87.8 Å². The molecular weight excluding hydrogens is 258 g/mol. The highest BCUT2D eigenvalue weighted by Gasteiger charge is 2.21. The van der Waals surface area contributed by atoms with Crippen LogP contribution in [0.3, 0.4) is 0 Å². The first kappa shape index (κ1) is 14.5. The Kier molecular flexibility index (Phi) is 3.56. The highest BCUT2D eigenvalue weighted by molar-refractivity contribution is 5.71. The molecule has 2 N–H and O–H groups in total. The van der Waals surface area contributed by atoms with Crippen molar-refractivity contribution in [3.8, 4) is 0 Å². The second kappa shape index (κ2) is 4.90. The van der Waals surface area contributed by atoms with Gasteiger partial charge in [0, 0.05) is 20.6 Å². The molecule has 2 rings (SSSR count). The summed E-state index contributed by atoms with van der Waals surface area (Å²) in [7, 11) is 3.09. The third kappa shape index (κ3) is 2.07. The van der Waals surface area contributed by atoms with Crippen LogP contribution in [0.1, 0.15) is 32.6 Å². The van der Waals surface area contributed by atoms with E-state index in [-0.39, 0.29) is 17.3 Å². The number of hydrogen-bond acceptors (Lipinski definition) is 4. The van der Waals surface area contributed by atoms with E-state index in [0.717, 1.165) is 4.57 Å². The fourth-order valence-corrected chi connectivity index (χ4v) is 2.36. The molecule has 20 heavy (non-hydrogen) atoms. The van der Waals surface area contributed by atoms with Crippen LogP contribution in [0, 0.1) is 5.92 Å². The van der Waals surface area contributed by atoms with Gasteiger partial charge in [-0.15, -0.1) is 0 Å². The average molecular weight is 279 g/mol. The second-order valence-electron chi connectivity index (χ2n) is 5.64. The Balaban J connectivity index is 2.97. The summed E-state index contributed by atoms with van der Waals surface area (Å²) in [4.78, 5) is 28.8. The zero-order valence-electron chi connectivity index (χ0n) is 12.5. The molecule has 0 spiro atoms. The van der Waals surface area contributed by atoms with Crippen molar-refractivity contribution in [3.63, 3.8) is 0 Å². The normalized spacial score (nSPS) is 13.3. The number of fused-ring (bicyclic) bond motifs is 1. The summed E-state index contributed by atoms with van der Waals surface area (Å²) in [6.45, 7) is 6.58. The van der Waals surface area contributed by atoms with Gasteiger partial charge in [-0.25, -0.2) is 9.78 Å². The van der Waals surface area contributed by atoms with E-state index < -0.39 is 0 Å². The van der Waals surface area contributed by atoms with Gasteiger partial charge in [0.15, 0.2) is 11.2 Å². The second-order valence-corrected chi connectivity index (χ2v) is 5.64. The highest BCUT2D eigenvalue weighted by Crippen LogP contribution is 2.17. The first-order valence-corrected chi connectivity index (χ1v) is 6.67. The molecule has 0 bridgehead atoms. The van der Waals surface area contributed by atoms with Gasteiger partial charge in [-0.1, -0.05) is 13.8 Å². The van der Waals surface area contributed by atoms with Gasteiger partial charge in [-0.3, -0.25) is 13.9 Å². The van der Waals surface area contributed by atoms with Crippen molar-refractivity contribution < 1.29 is 0 Å². The molecule has 2 heterocycles. The first-order chi connectivity index (χ1) is 9.25. The molecule has 0 aliphatic carbocycles. The van der Waals surface area contributed by atoms with Gasteiger partial charge in [0.1, 0.15) is 5.82 Å². The zero-order chi connectivity index (χ0) is 15.2. The minimum Gasteiger partial charge on any atom is -0.322 e. The molecule has 0 radical (unpaired) electrons. The Bertz CT molecular complexity index is 764. The van der Waals surface area contributed by atoms with Crippen molar-refractivity contribution in [2.45, 2.75) is 33.4 Å². The predicted molar refractivity (Wildman–Crippen MR) is 77.7 cm³/mol. The number of aromatic nitrogens is 4. The van der Waals surface area contributed by atoms with Crippen molar-refractivity contribution in [2.24, 2.45) is 25.7 Å². The van der Waals surface area contributed by atoms with Crippen LogP contribution >= 0.6 is 0 Å². The van der Waals surface area contributed by atoms with E-state index >= 15 is 0 Å². The molecule has 1 atom stereocenters. The number of imidazole rings is 1. The van der Waals surface area contributed by atoms with Gasteiger partial charge in [0.25, 0.3) is 5.56 Å². The molecule has 0 aliphatic rings. The minimum absolute atomic E-state index is 0.305. The lowest BCUT2D eigenvalue weighted by Crippen LogP contribution is -2.37. The monoisotopic (exact) mass is 279 g/mol. The Labute approximate surface area is 116 Å². The van der Waals surface area contributed by atoms with Crippen LogP contribution < -0.4 is 17.0 Å². The van der Waals surface area contributed by atoms with E-state index in [4.69, 9.17) is 5.73 Å². The predicted octanol–water partition coefficient (Wildman–Crippen LogP) is 0.109. The summed E-state index contributed by atoms with van der Waals surface area (Å²) in [5.74, 6) is 0.971. The molecule has 2 aromatic rings. The van der Waals surface area contributed by atoms with Crippen LogP contribution in [0.25, 0.3) is 11.2 Å². The van der Waals surface area contributed by atoms with E-state index in [0.29, 0.717) is 29.5 Å². The van der Waals surface area contributed by atoms with E-state index in [1.165, 1.54) is 11.6 Å². The van der Waals surface area contributed by atoms with E-state index in [9.17, 15) is 9.59 Å². The molecule has 2 aromatic heterocycles. The summed E-state index contributed by atoms with van der Waals surface area (Å²) < 4.78 is 4.33. The van der Waals surface area contributed by atoms with Gasteiger partial charge in [-0.2, -0.15) is 0 Å². The highest BCUT2D eigenvalue weighted by atomic mass is 16.2. The summed E-state index contributed by atoms with van der Waals surface area (Å²) in [6.07, 6.45) is 0. The van der Waals surface area contributed by atoms with Crippen molar-refractivity contribution in [2.75, 3.05) is 0 Å². The van der Waals surface area contributed by atoms with Gasteiger partial charge in [-0.05, 0) is 12.8 Å². The number of nitrogens with two attached hydrogens (primary N) is 1. The Morgan fingerprint density at radius 3 is 2.25 bits per heavy atom. The summed E-state index contributed by atoms with van der Waals surface area (Å²) in [5, 5.41) is 0. The number of hydrogen-bond donors (Lipinski definition) is 1. The molecular formula is C13H21N5O2. The Morgan fingerprint density at radius 2 is 1.75 bits per heavy atom. The Morgan fingerprint density at radius 1 is 1.15 bits per heavy atom. The average Bonchev–Trinajstić information content (AvgIpc) is 2.72. The smallest absolute Gasteiger partial charge is 0.322 e. The van der Waals surface area contributed by atoms with Crippen molar-refractivity contribution in [1.29, 1.82) is 0 Å². The standard InChI is InChI=1S/C13H21N5O2/c1-7(2)6-18-9-11(15-10(18)8(3)14)16(4)13(20)17(5)12(9)19/h7-8H,6,14H2,1-5H3. The first-order valence-electron chi connectivity index (χ1n) is 6.67. The molecule has 0 saturated carbocycles. The van der Waals surface area contributed by atoms with Gasteiger partial charge in [0.05, 0.1) is 6.04 Å². The van der Waals surface area contributed by atoms with Gasteiger partial charge >= 0.3 is 5.69 Å². The largest absolute Gasteiger partial charge is 0.332 e. The van der Waals surface area contributed by atoms with Crippen LogP contribution in [-0.4, -0.2) is 18.7 Å². The third-order valence-corrected chi connectivity index (χ3v) is 3.33. The van der Waals surface area contributed by atoms with Gasteiger partial charge < -0.3 is 10.3 Å². The SMILES string of the molecule is CC(C)Cn1c(C(C)N)nc2c1c(=O)n(C)c(=O)n2C. The number of nitrogens with zero attached hydrogens (tertiary/aromatic N) is 4. The maximum absolute atomic E-state index is 12.4. The molecule has 7 heteroatoms. The Hall–Kier alpha value is -1.89. The van der Waals surface area contributed by atoms with Crippen LogP contribution in [0.5, 0.6) is 0 Å². The molecule has 0 saturated heterocycles. The lowest BCUT2D eigenvalue weighted by atomic mass is 10.2. The molecule has 0 amide bonds. The number of aryl methyl sites for hydroxylation is 1. The van der Waals surface area contributed by atoms with E-state index in [1.54, 1.807) is 7.05 Å². The fraction of sp³-hybridized carbons (Fsp3) is 0.615. The molecule has 110 valence electrons. The van der Waals surface area contributed by atoms with Crippen molar-refractivity contribution in [3.05, 3.63) is 26.7 Å². The molecule has 7 nitrogen and oxygen atoms in total. The number of rotatable bonds is 3. The molecule has 0 fully saturated rings. The van der Waals surface area contributed by atoms with Crippen LogP contribution in [-0.2, 0) is 20.6 Å². The minimum atomic E-state index is -0.382. The quantitative estimate of drug-likeness (QED) is 0.863. The van der Waals surface area contributed by atoms with Crippen LogP contribution in [0.4, 0.5) is 0 Å². The lowest BCUT2D eigenvalue weighted by molar-refractivity contribution is 0.503. The van der Waals surface area contributed by atoms with Crippen LogP contribution in [0.2, 0.25) is 0 Å². The van der Waals surface area contributed by atoms with Crippen LogP contribution in [0.15, 0.2) is 9.59 Å². The van der Waals surface area contributed by atoms with E-state index in [1.807, 2.05) is 11.5 Å². The van der Waals surface area contributed by atoms with Crippen molar-refractivity contribution in [1.82, 2.24) is 18.7 Å². The molecule has 0 aromatic carbocycles. The summed E-state index contributed by atoms with van der Waals surface area (Å²) in [6, 6.07) is -0.305. The lowest BCUT2D eigenvalue weighted by Gasteiger charge is -2.13. The summed E-state index contributed by atoms with van der Waals surface area (Å²) >= 11 is 0. The van der Waals surface area contributed by atoms with Crippen molar-refractivity contribution >= 4 is 11.2 Å². The maximum atomic E-state index is 12.4. The zero-order valence-corrected chi connectivity index (χ0v) is 12.5.